The lowest BCUT2D eigenvalue weighted by molar-refractivity contribution is -0.142. The number of nitrogens with two attached hydrogens (primary N) is 1. The van der Waals surface area contributed by atoms with Gasteiger partial charge in [0.05, 0.1) is 43.1 Å². The first-order valence-corrected chi connectivity index (χ1v) is 9.04. The van der Waals surface area contributed by atoms with E-state index < -0.39 is 11.2 Å². The Morgan fingerprint density at radius 3 is 2.00 bits per heavy atom. The minimum absolute atomic E-state index is 0.0448. The summed E-state index contributed by atoms with van der Waals surface area (Å²) in [5, 5.41) is 0. The third kappa shape index (κ3) is 10.9. The van der Waals surface area contributed by atoms with Crippen molar-refractivity contribution in [3.8, 4) is 0 Å². The molecule has 7 nitrogen and oxygen atoms in total. The molecule has 0 aromatic rings. The zero-order chi connectivity index (χ0) is 20.6. The molecular formula is C19H38N2O5. The van der Waals surface area contributed by atoms with E-state index in [0.717, 1.165) is 0 Å². The van der Waals surface area contributed by atoms with Gasteiger partial charge in [0.25, 0.3) is 0 Å². The quantitative estimate of drug-likeness (QED) is 0.497. The maximum absolute atomic E-state index is 12.6. The first-order valence-electron chi connectivity index (χ1n) is 9.04. The summed E-state index contributed by atoms with van der Waals surface area (Å²) in [4.78, 5) is 25.8. The molecule has 0 rings (SSSR count). The lowest BCUT2D eigenvalue weighted by Gasteiger charge is -2.34. The standard InChI is InChI=1S/C19H38N2O5/c1-15(22)12-21(16(23)11-18(4,5)26-14-20)10-9-17(2,3)25-13-19(6,7)24-8/h9-14,20H2,1-8H3. The van der Waals surface area contributed by atoms with Gasteiger partial charge in [0.1, 0.15) is 5.78 Å². The lowest BCUT2D eigenvalue weighted by atomic mass is 10.0. The zero-order valence-corrected chi connectivity index (χ0v) is 17.8. The Morgan fingerprint density at radius 1 is 0.962 bits per heavy atom. The maximum atomic E-state index is 12.6. The molecule has 0 fully saturated rings. The van der Waals surface area contributed by atoms with Crippen molar-refractivity contribution in [2.75, 3.05) is 33.5 Å². The molecule has 1 amide bonds. The molecular weight excluding hydrogens is 336 g/mol. The van der Waals surface area contributed by atoms with Gasteiger partial charge < -0.3 is 24.8 Å². The Morgan fingerprint density at radius 2 is 1.54 bits per heavy atom. The van der Waals surface area contributed by atoms with Gasteiger partial charge in [0.15, 0.2) is 0 Å². The predicted molar refractivity (Wildman–Crippen MR) is 102 cm³/mol. The van der Waals surface area contributed by atoms with Crippen LogP contribution in [-0.2, 0) is 23.8 Å². The Balaban J connectivity index is 4.84. The van der Waals surface area contributed by atoms with Gasteiger partial charge in [-0.25, -0.2) is 0 Å². The molecule has 2 N–H and O–H groups in total. The van der Waals surface area contributed by atoms with Gasteiger partial charge in [-0.05, 0) is 54.9 Å². The Kier molecular flexibility index (Phi) is 9.94. The number of amides is 1. The summed E-state index contributed by atoms with van der Waals surface area (Å²) in [6.07, 6.45) is 0.763. The van der Waals surface area contributed by atoms with Crippen LogP contribution in [0.3, 0.4) is 0 Å². The number of ketones is 1. The number of hydrogen-bond donors (Lipinski definition) is 1. The first-order chi connectivity index (χ1) is 11.7. The van der Waals surface area contributed by atoms with Crippen LogP contribution in [0.1, 0.15) is 61.3 Å². The van der Waals surface area contributed by atoms with Crippen molar-refractivity contribution in [1.29, 1.82) is 0 Å². The van der Waals surface area contributed by atoms with Gasteiger partial charge in [-0.2, -0.15) is 0 Å². The summed E-state index contributed by atoms with van der Waals surface area (Å²) in [6.45, 7) is 13.9. The molecule has 0 spiro atoms. The summed E-state index contributed by atoms with van der Waals surface area (Å²) >= 11 is 0. The molecule has 0 aliphatic heterocycles. The van der Waals surface area contributed by atoms with E-state index in [9.17, 15) is 9.59 Å². The summed E-state index contributed by atoms with van der Waals surface area (Å²) in [5.41, 5.74) is 3.91. The maximum Gasteiger partial charge on any atom is 0.225 e. The molecule has 0 aromatic carbocycles. The number of ether oxygens (including phenoxy) is 3. The van der Waals surface area contributed by atoms with Gasteiger partial charge in [0, 0.05) is 13.7 Å². The molecule has 0 aromatic heterocycles. The highest BCUT2D eigenvalue weighted by atomic mass is 16.5. The smallest absolute Gasteiger partial charge is 0.225 e. The van der Waals surface area contributed by atoms with Crippen LogP contribution in [0.2, 0.25) is 0 Å². The second kappa shape index (κ2) is 10.3. The highest BCUT2D eigenvalue weighted by Crippen LogP contribution is 2.21. The van der Waals surface area contributed by atoms with Crippen LogP contribution in [0.4, 0.5) is 0 Å². The summed E-state index contributed by atoms with van der Waals surface area (Å²) in [7, 11) is 1.65. The number of rotatable bonds is 13. The monoisotopic (exact) mass is 374 g/mol. The second-order valence-corrected chi connectivity index (χ2v) is 8.53. The molecule has 26 heavy (non-hydrogen) atoms. The van der Waals surface area contributed by atoms with Crippen molar-refractivity contribution in [1.82, 2.24) is 4.90 Å². The predicted octanol–water partition coefficient (Wildman–Crippen LogP) is 2.12. The van der Waals surface area contributed by atoms with Crippen molar-refractivity contribution in [3.05, 3.63) is 0 Å². The Hall–Kier alpha value is -1.02. The van der Waals surface area contributed by atoms with Gasteiger partial charge in [0.2, 0.25) is 5.91 Å². The molecule has 0 heterocycles. The largest absolute Gasteiger partial charge is 0.376 e. The van der Waals surface area contributed by atoms with E-state index in [0.29, 0.717) is 19.6 Å². The van der Waals surface area contributed by atoms with Crippen LogP contribution in [0.5, 0.6) is 0 Å². The number of Topliss-reactive ketones (excluding diaryl/α,β-unsaturated/α-hetero) is 1. The third-order valence-corrected chi connectivity index (χ3v) is 4.16. The second-order valence-electron chi connectivity index (χ2n) is 8.53. The average molecular weight is 375 g/mol. The molecule has 0 bridgehead atoms. The topological polar surface area (TPSA) is 91.1 Å². The van der Waals surface area contributed by atoms with Crippen molar-refractivity contribution in [2.45, 2.75) is 78.1 Å². The third-order valence-electron chi connectivity index (χ3n) is 4.16. The number of hydrogen-bond acceptors (Lipinski definition) is 6. The molecule has 0 saturated heterocycles. The molecule has 7 heteroatoms. The van der Waals surface area contributed by atoms with Crippen LogP contribution in [0.25, 0.3) is 0 Å². The highest BCUT2D eigenvalue weighted by Gasteiger charge is 2.29. The normalized spacial score (nSPS) is 13.0. The van der Waals surface area contributed by atoms with Crippen molar-refractivity contribution in [2.24, 2.45) is 5.73 Å². The van der Waals surface area contributed by atoms with E-state index >= 15 is 0 Å². The van der Waals surface area contributed by atoms with Crippen LogP contribution in [0, 0.1) is 0 Å². The zero-order valence-electron chi connectivity index (χ0n) is 17.8. The molecule has 0 aliphatic carbocycles. The van der Waals surface area contributed by atoms with E-state index in [1.165, 1.54) is 6.92 Å². The number of methoxy groups -OCH3 is 1. The van der Waals surface area contributed by atoms with E-state index in [2.05, 4.69) is 0 Å². The van der Waals surface area contributed by atoms with E-state index in [1.54, 1.807) is 12.0 Å². The van der Waals surface area contributed by atoms with Crippen LogP contribution < -0.4 is 5.73 Å². The fourth-order valence-corrected chi connectivity index (χ4v) is 2.22. The van der Waals surface area contributed by atoms with Crippen LogP contribution in [0.15, 0.2) is 0 Å². The van der Waals surface area contributed by atoms with Crippen molar-refractivity contribution in [3.63, 3.8) is 0 Å². The van der Waals surface area contributed by atoms with E-state index in [4.69, 9.17) is 19.9 Å². The average Bonchev–Trinajstić information content (AvgIpc) is 2.48. The van der Waals surface area contributed by atoms with Crippen LogP contribution >= 0.6 is 0 Å². The number of nitrogens with zero attached hydrogens (tertiary/aromatic N) is 1. The van der Waals surface area contributed by atoms with Gasteiger partial charge in [-0.1, -0.05) is 0 Å². The van der Waals surface area contributed by atoms with Gasteiger partial charge in [-0.15, -0.1) is 0 Å². The Bertz CT molecular complexity index is 461. The minimum Gasteiger partial charge on any atom is -0.376 e. The fraction of sp³-hybridized carbons (Fsp3) is 0.895. The molecule has 0 aliphatic rings. The summed E-state index contributed by atoms with van der Waals surface area (Å²) in [5.74, 6) is -0.193. The van der Waals surface area contributed by atoms with E-state index in [1.807, 2.05) is 41.5 Å². The molecule has 0 saturated carbocycles. The van der Waals surface area contributed by atoms with Gasteiger partial charge in [-0.3, -0.25) is 9.59 Å². The summed E-state index contributed by atoms with van der Waals surface area (Å²) < 4.78 is 16.7. The molecule has 0 unspecified atom stereocenters. The SMILES string of the molecule is COC(C)(C)COC(C)(C)CCN(CC(C)=O)C(=O)CC(C)(C)OCN. The number of carbonyl (C=O) groups excluding carboxylic acids is 2. The first kappa shape index (κ1) is 25.0. The van der Waals surface area contributed by atoms with E-state index in [-0.39, 0.29) is 37.0 Å². The Labute approximate surface area is 158 Å². The van der Waals surface area contributed by atoms with Crippen molar-refractivity contribution >= 4 is 11.7 Å². The molecule has 0 radical (unpaired) electrons. The molecule has 154 valence electrons. The van der Waals surface area contributed by atoms with Crippen LogP contribution in [-0.4, -0.2) is 66.9 Å². The van der Waals surface area contributed by atoms with Crippen molar-refractivity contribution < 1.29 is 23.8 Å². The lowest BCUT2D eigenvalue weighted by Crippen LogP contribution is -2.43. The number of carbonyl (C=O) groups is 2. The minimum atomic E-state index is -0.671. The molecule has 0 atom stereocenters. The summed E-state index contributed by atoms with van der Waals surface area (Å²) in [6, 6.07) is 0. The highest BCUT2D eigenvalue weighted by molar-refractivity contribution is 5.85. The van der Waals surface area contributed by atoms with Gasteiger partial charge >= 0.3 is 0 Å². The fourth-order valence-electron chi connectivity index (χ4n) is 2.22.